The fraction of sp³-hybridized carbons (Fsp3) is 0.200. The quantitative estimate of drug-likeness (QED) is 0.474. The predicted octanol–water partition coefficient (Wildman–Crippen LogP) is 2.35. The molecule has 0 saturated heterocycles. The van der Waals surface area contributed by atoms with Gasteiger partial charge >= 0.3 is 0 Å². The summed E-state index contributed by atoms with van der Waals surface area (Å²) in [5.41, 5.74) is 8.14. The standard InChI is InChI=1S/C15H18N4.HI/c16-15(19-12-14-7-4-9-17-11-14)18-10-8-13-5-2-1-3-6-13;/h1-7,9,11H,8,10,12H2,(H3,16,18,19);1H. The second-order valence-electron chi connectivity index (χ2n) is 4.23. The van der Waals surface area contributed by atoms with Gasteiger partial charge in [0.2, 0.25) is 0 Å². The lowest BCUT2D eigenvalue weighted by Gasteiger charge is -2.05. The molecule has 0 unspecified atom stereocenters. The Bertz CT molecular complexity index is 514. The molecule has 20 heavy (non-hydrogen) atoms. The van der Waals surface area contributed by atoms with Gasteiger partial charge in [0.05, 0.1) is 6.54 Å². The first kappa shape index (κ1) is 16.4. The van der Waals surface area contributed by atoms with Crippen LogP contribution in [0.5, 0.6) is 0 Å². The van der Waals surface area contributed by atoms with Gasteiger partial charge in [-0.3, -0.25) is 4.98 Å². The molecular weight excluding hydrogens is 363 g/mol. The van der Waals surface area contributed by atoms with Crippen molar-refractivity contribution in [2.45, 2.75) is 13.0 Å². The molecule has 0 aliphatic heterocycles. The van der Waals surface area contributed by atoms with Gasteiger partial charge in [-0.15, -0.1) is 24.0 Å². The average Bonchev–Trinajstić information content (AvgIpc) is 2.47. The predicted molar refractivity (Wildman–Crippen MR) is 93.1 cm³/mol. The van der Waals surface area contributed by atoms with Gasteiger partial charge in [0, 0.05) is 18.9 Å². The summed E-state index contributed by atoms with van der Waals surface area (Å²) < 4.78 is 0. The molecule has 2 aromatic rings. The molecule has 1 heterocycles. The molecule has 0 radical (unpaired) electrons. The molecule has 0 spiro atoms. The van der Waals surface area contributed by atoms with Crippen LogP contribution in [0.25, 0.3) is 0 Å². The van der Waals surface area contributed by atoms with Crippen LogP contribution in [0, 0.1) is 0 Å². The third kappa shape index (κ3) is 6.01. The minimum absolute atomic E-state index is 0. The molecule has 2 rings (SSSR count). The molecule has 0 aliphatic carbocycles. The largest absolute Gasteiger partial charge is 0.370 e. The lowest BCUT2D eigenvalue weighted by atomic mass is 10.1. The summed E-state index contributed by atoms with van der Waals surface area (Å²) in [6.07, 6.45) is 4.47. The van der Waals surface area contributed by atoms with Gasteiger partial charge in [0.25, 0.3) is 0 Å². The van der Waals surface area contributed by atoms with E-state index in [4.69, 9.17) is 5.73 Å². The summed E-state index contributed by atoms with van der Waals surface area (Å²) in [7, 11) is 0. The number of nitrogens with two attached hydrogens (primary N) is 1. The molecule has 1 aromatic heterocycles. The Labute approximate surface area is 136 Å². The number of nitrogens with one attached hydrogen (secondary N) is 1. The van der Waals surface area contributed by atoms with E-state index in [9.17, 15) is 0 Å². The zero-order chi connectivity index (χ0) is 13.3. The first-order chi connectivity index (χ1) is 9.34. The number of hydrogen-bond acceptors (Lipinski definition) is 2. The molecule has 0 amide bonds. The molecule has 106 valence electrons. The molecule has 0 aliphatic rings. The maximum atomic E-state index is 5.80. The van der Waals surface area contributed by atoms with E-state index in [1.165, 1.54) is 5.56 Å². The Morgan fingerprint density at radius 2 is 1.85 bits per heavy atom. The second-order valence-corrected chi connectivity index (χ2v) is 4.23. The van der Waals surface area contributed by atoms with E-state index in [1.54, 1.807) is 12.4 Å². The van der Waals surface area contributed by atoms with Crippen LogP contribution in [-0.4, -0.2) is 17.5 Å². The van der Waals surface area contributed by atoms with Crippen LogP contribution in [0.4, 0.5) is 0 Å². The number of nitrogens with zero attached hydrogens (tertiary/aromatic N) is 2. The van der Waals surface area contributed by atoms with Gasteiger partial charge in [0.15, 0.2) is 5.96 Å². The van der Waals surface area contributed by atoms with Crippen LogP contribution in [0.1, 0.15) is 11.1 Å². The summed E-state index contributed by atoms with van der Waals surface area (Å²) in [5, 5.41) is 3.11. The van der Waals surface area contributed by atoms with Crippen LogP contribution >= 0.6 is 24.0 Å². The highest BCUT2D eigenvalue weighted by Crippen LogP contribution is 1.99. The molecular formula is C15H19IN4. The van der Waals surface area contributed by atoms with E-state index in [0.29, 0.717) is 12.5 Å². The zero-order valence-electron chi connectivity index (χ0n) is 11.2. The van der Waals surface area contributed by atoms with E-state index in [2.05, 4.69) is 27.4 Å². The SMILES string of the molecule is I.NC(=NCc1cccnc1)NCCc1ccccc1. The molecule has 5 heteroatoms. The van der Waals surface area contributed by atoms with Gasteiger partial charge in [-0.25, -0.2) is 4.99 Å². The minimum atomic E-state index is 0. The van der Waals surface area contributed by atoms with Gasteiger partial charge in [-0.05, 0) is 23.6 Å². The first-order valence-corrected chi connectivity index (χ1v) is 6.31. The van der Waals surface area contributed by atoms with Crippen molar-refractivity contribution in [3.8, 4) is 0 Å². The molecule has 0 atom stereocenters. The minimum Gasteiger partial charge on any atom is -0.370 e. The Balaban J connectivity index is 0.00000200. The number of halogens is 1. The van der Waals surface area contributed by atoms with Crippen molar-refractivity contribution in [3.63, 3.8) is 0 Å². The number of rotatable bonds is 5. The monoisotopic (exact) mass is 382 g/mol. The number of aromatic nitrogens is 1. The molecule has 3 N–H and O–H groups in total. The van der Waals surface area contributed by atoms with Gasteiger partial charge in [-0.2, -0.15) is 0 Å². The smallest absolute Gasteiger partial charge is 0.188 e. The summed E-state index contributed by atoms with van der Waals surface area (Å²) in [4.78, 5) is 8.30. The van der Waals surface area contributed by atoms with Crippen LogP contribution in [0.15, 0.2) is 59.9 Å². The fourth-order valence-corrected chi connectivity index (χ4v) is 1.70. The topological polar surface area (TPSA) is 63.3 Å². The zero-order valence-corrected chi connectivity index (χ0v) is 13.5. The number of pyridine rings is 1. The number of aliphatic imine (C=N–C) groups is 1. The maximum absolute atomic E-state index is 5.80. The van der Waals surface area contributed by atoms with Crippen LogP contribution < -0.4 is 11.1 Å². The summed E-state index contributed by atoms with van der Waals surface area (Å²) in [6.45, 7) is 1.34. The number of guanidine groups is 1. The van der Waals surface area contributed by atoms with Gasteiger partial charge < -0.3 is 11.1 Å². The summed E-state index contributed by atoms with van der Waals surface area (Å²) >= 11 is 0. The molecule has 0 fully saturated rings. The molecule has 0 saturated carbocycles. The van der Waals surface area contributed by atoms with Crippen molar-refractivity contribution in [2.24, 2.45) is 10.7 Å². The Kier molecular flexibility index (Phi) is 7.64. The lowest BCUT2D eigenvalue weighted by molar-refractivity contribution is 0.847. The van der Waals surface area contributed by atoms with Gasteiger partial charge in [0.1, 0.15) is 0 Å². The third-order valence-corrected chi connectivity index (χ3v) is 2.72. The van der Waals surface area contributed by atoms with E-state index in [0.717, 1.165) is 18.5 Å². The lowest BCUT2D eigenvalue weighted by Crippen LogP contribution is -2.33. The highest BCUT2D eigenvalue weighted by atomic mass is 127. The number of hydrogen-bond donors (Lipinski definition) is 2. The van der Waals surface area contributed by atoms with Crippen LogP contribution in [0.2, 0.25) is 0 Å². The van der Waals surface area contributed by atoms with E-state index < -0.39 is 0 Å². The Morgan fingerprint density at radius 1 is 1.10 bits per heavy atom. The summed E-state index contributed by atoms with van der Waals surface area (Å²) in [5.74, 6) is 0.472. The highest BCUT2D eigenvalue weighted by Gasteiger charge is 1.94. The maximum Gasteiger partial charge on any atom is 0.188 e. The second kappa shape index (κ2) is 9.30. The first-order valence-electron chi connectivity index (χ1n) is 6.31. The molecule has 1 aromatic carbocycles. The van der Waals surface area contributed by atoms with Crippen molar-refractivity contribution in [3.05, 3.63) is 66.0 Å². The third-order valence-electron chi connectivity index (χ3n) is 2.72. The van der Waals surface area contributed by atoms with Gasteiger partial charge in [-0.1, -0.05) is 36.4 Å². The summed E-state index contributed by atoms with van der Waals surface area (Å²) in [6, 6.07) is 14.2. The average molecular weight is 382 g/mol. The van der Waals surface area contributed by atoms with Crippen molar-refractivity contribution >= 4 is 29.9 Å². The van der Waals surface area contributed by atoms with Crippen molar-refractivity contribution in [1.29, 1.82) is 0 Å². The van der Waals surface area contributed by atoms with Crippen molar-refractivity contribution in [2.75, 3.05) is 6.54 Å². The van der Waals surface area contributed by atoms with Crippen LogP contribution in [-0.2, 0) is 13.0 Å². The van der Waals surface area contributed by atoms with Crippen molar-refractivity contribution < 1.29 is 0 Å². The molecule has 0 bridgehead atoms. The molecule has 4 nitrogen and oxygen atoms in total. The Morgan fingerprint density at radius 3 is 2.55 bits per heavy atom. The normalized spacial score (nSPS) is 10.7. The van der Waals surface area contributed by atoms with E-state index in [-0.39, 0.29) is 24.0 Å². The van der Waals surface area contributed by atoms with E-state index >= 15 is 0 Å². The van der Waals surface area contributed by atoms with E-state index in [1.807, 2.05) is 30.3 Å². The highest BCUT2D eigenvalue weighted by molar-refractivity contribution is 14.0. The number of benzene rings is 1. The van der Waals surface area contributed by atoms with Crippen LogP contribution in [0.3, 0.4) is 0 Å². The Hall–Kier alpha value is -1.63. The van der Waals surface area contributed by atoms with Crippen molar-refractivity contribution in [1.82, 2.24) is 10.3 Å². The fourth-order valence-electron chi connectivity index (χ4n) is 1.70.